The van der Waals surface area contributed by atoms with Gasteiger partial charge in [-0.3, -0.25) is 9.59 Å². The zero-order chi connectivity index (χ0) is 18.1. The number of amides is 2. The summed E-state index contributed by atoms with van der Waals surface area (Å²) in [6, 6.07) is 14.0. The molecule has 134 valence electrons. The van der Waals surface area contributed by atoms with E-state index in [0.29, 0.717) is 11.4 Å². The summed E-state index contributed by atoms with van der Waals surface area (Å²) in [4.78, 5) is 27.6. The zero-order valence-corrected chi connectivity index (χ0v) is 15.6. The number of hydrogen-bond acceptors (Lipinski definition) is 4. The minimum Gasteiger partial charge on any atom is -0.355 e. The average Bonchev–Trinajstić information content (AvgIpc) is 3.04. The lowest BCUT2D eigenvalue weighted by Crippen LogP contribution is -2.37. The molecule has 1 aromatic carbocycles. The second kappa shape index (κ2) is 9.96. The van der Waals surface area contributed by atoms with E-state index in [1.54, 1.807) is 6.07 Å². The molecular weight excluding hydrogens is 334 g/mol. The highest BCUT2D eigenvalue weighted by Gasteiger charge is 2.09. The van der Waals surface area contributed by atoms with Gasteiger partial charge in [0.15, 0.2) is 0 Å². The summed E-state index contributed by atoms with van der Waals surface area (Å²) in [5.41, 5.74) is 1.28. The minimum absolute atomic E-state index is 0.00956. The molecule has 0 saturated heterocycles. The van der Waals surface area contributed by atoms with Crippen molar-refractivity contribution in [2.24, 2.45) is 0 Å². The fraction of sp³-hybridized carbons (Fsp3) is 0.368. The van der Waals surface area contributed by atoms with Crippen LogP contribution in [0, 0.1) is 6.92 Å². The number of thiophene rings is 1. The van der Waals surface area contributed by atoms with E-state index < -0.39 is 0 Å². The lowest BCUT2D eigenvalue weighted by Gasteiger charge is -2.16. The second-order valence-electron chi connectivity index (χ2n) is 6.02. The predicted octanol–water partition coefficient (Wildman–Crippen LogP) is 2.42. The van der Waals surface area contributed by atoms with Crippen LogP contribution in [-0.4, -0.2) is 43.4 Å². The van der Waals surface area contributed by atoms with Crippen LogP contribution >= 0.6 is 11.3 Å². The minimum atomic E-state index is -0.198. The van der Waals surface area contributed by atoms with Gasteiger partial charge in [0.2, 0.25) is 5.91 Å². The highest BCUT2D eigenvalue weighted by molar-refractivity contribution is 7.13. The molecular formula is C19H25N3O2S. The van der Waals surface area contributed by atoms with E-state index in [0.717, 1.165) is 24.4 Å². The smallest absolute Gasteiger partial charge is 0.261 e. The lowest BCUT2D eigenvalue weighted by atomic mass is 10.2. The number of rotatable bonds is 9. The summed E-state index contributed by atoms with van der Waals surface area (Å²) >= 11 is 1.42. The van der Waals surface area contributed by atoms with Gasteiger partial charge in [0.05, 0.1) is 11.4 Å². The third-order valence-electron chi connectivity index (χ3n) is 3.71. The Balaban J connectivity index is 1.57. The third kappa shape index (κ3) is 7.07. The first-order valence-corrected chi connectivity index (χ1v) is 9.20. The maximum absolute atomic E-state index is 11.9. The first-order chi connectivity index (χ1) is 12.0. The zero-order valence-electron chi connectivity index (χ0n) is 14.7. The standard InChI is InChI=1S/C19H25N3O2S/c1-15-9-10-17(25-15)19(24)21-13-18(23)20-11-6-12-22(2)14-16-7-4-3-5-8-16/h3-5,7-10H,6,11-14H2,1-2H3,(H,20,23)(H,21,24). The Kier molecular flexibility index (Phi) is 7.63. The molecule has 0 aliphatic carbocycles. The molecule has 25 heavy (non-hydrogen) atoms. The van der Waals surface area contributed by atoms with Crippen molar-refractivity contribution in [3.05, 3.63) is 57.8 Å². The monoisotopic (exact) mass is 359 g/mol. The van der Waals surface area contributed by atoms with Crippen LogP contribution in [0.5, 0.6) is 0 Å². The topological polar surface area (TPSA) is 61.4 Å². The van der Waals surface area contributed by atoms with Gasteiger partial charge in [0.25, 0.3) is 5.91 Å². The van der Waals surface area contributed by atoms with Gasteiger partial charge in [-0.05, 0) is 44.6 Å². The van der Waals surface area contributed by atoms with Crippen LogP contribution in [0.4, 0.5) is 0 Å². The van der Waals surface area contributed by atoms with E-state index in [4.69, 9.17) is 0 Å². The van der Waals surface area contributed by atoms with Crippen LogP contribution in [0.2, 0.25) is 0 Å². The van der Waals surface area contributed by atoms with Crippen molar-refractivity contribution < 1.29 is 9.59 Å². The Morgan fingerprint density at radius 3 is 2.52 bits per heavy atom. The van der Waals surface area contributed by atoms with Crippen molar-refractivity contribution in [3.63, 3.8) is 0 Å². The van der Waals surface area contributed by atoms with Gasteiger partial charge in [-0.15, -0.1) is 11.3 Å². The molecule has 0 aliphatic heterocycles. The van der Waals surface area contributed by atoms with E-state index in [-0.39, 0.29) is 18.4 Å². The van der Waals surface area contributed by atoms with Gasteiger partial charge in [-0.1, -0.05) is 30.3 Å². The molecule has 5 nitrogen and oxygen atoms in total. The van der Waals surface area contributed by atoms with Gasteiger partial charge in [0, 0.05) is 18.0 Å². The largest absolute Gasteiger partial charge is 0.355 e. The number of carbonyl (C=O) groups excluding carboxylic acids is 2. The quantitative estimate of drug-likeness (QED) is 0.676. The molecule has 1 heterocycles. The highest BCUT2D eigenvalue weighted by atomic mass is 32.1. The van der Waals surface area contributed by atoms with E-state index in [1.807, 2.05) is 31.2 Å². The van der Waals surface area contributed by atoms with Crippen LogP contribution < -0.4 is 10.6 Å². The average molecular weight is 359 g/mol. The van der Waals surface area contributed by atoms with Crippen molar-refractivity contribution >= 4 is 23.2 Å². The molecule has 6 heteroatoms. The van der Waals surface area contributed by atoms with Gasteiger partial charge in [-0.2, -0.15) is 0 Å². The molecule has 2 rings (SSSR count). The summed E-state index contributed by atoms with van der Waals surface area (Å²) < 4.78 is 0. The Morgan fingerprint density at radius 2 is 1.84 bits per heavy atom. The van der Waals surface area contributed by atoms with E-state index in [2.05, 4.69) is 34.7 Å². The van der Waals surface area contributed by atoms with Crippen molar-refractivity contribution in [2.75, 3.05) is 26.7 Å². The third-order valence-corrected chi connectivity index (χ3v) is 4.71. The van der Waals surface area contributed by atoms with Crippen molar-refractivity contribution in [1.29, 1.82) is 0 Å². The van der Waals surface area contributed by atoms with Gasteiger partial charge in [0.1, 0.15) is 0 Å². The van der Waals surface area contributed by atoms with Gasteiger partial charge >= 0.3 is 0 Å². The molecule has 0 bridgehead atoms. The van der Waals surface area contributed by atoms with Crippen LogP contribution in [0.25, 0.3) is 0 Å². The fourth-order valence-electron chi connectivity index (χ4n) is 2.42. The van der Waals surface area contributed by atoms with Crippen molar-refractivity contribution in [1.82, 2.24) is 15.5 Å². The van der Waals surface area contributed by atoms with Crippen LogP contribution in [0.3, 0.4) is 0 Å². The Labute approximate surface area is 153 Å². The molecule has 2 N–H and O–H groups in total. The van der Waals surface area contributed by atoms with E-state index in [9.17, 15) is 9.59 Å². The molecule has 0 radical (unpaired) electrons. The molecule has 0 atom stereocenters. The molecule has 2 aromatic rings. The van der Waals surface area contributed by atoms with E-state index >= 15 is 0 Å². The second-order valence-corrected chi connectivity index (χ2v) is 7.31. The Morgan fingerprint density at radius 1 is 1.08 bits per heavy atom. The molecule has 0 unspecified atom stereocenters. The van der Waals surface area contributed by atoms with Crippen LogP contribution in [0.15, 0.2) is 42.5 Å². The Hall–Kier alpha value is -2.18. The van der Waals surface area contributed by atoms with E-state index in [1.165, 1.54) is 16.9 Å². The SMILES string of the molecule is Cc1ccc(C(=O)NCC(=O)NCCCN(C)Cc2ccccc2)s1. The number of nitrogens with zero attached hydrogens (tertiary/aromatic N) is 1. The van der Waals surface area contributed by atoms with Gasteiger partial charge in [-0.25, -0.2) is 0 Å². The molecule has 0 aliphatic rings. The Bertz CT molecular complexity index is 685. The maximum atomic E-state index is 11.9. The highest BCUT2D eigenvalue weighted by Crippen LogP contribution is 2.14. The normalized spacial score (nSPS) is 10.7. The first-order valence-electron chi connectivity index (χ1n) is 8.38. The summed E-state index contributed by atoms with van der Waals surface area (Å²) in [5, 5.41) is 5.48. The number of benzene rings is 1. The summed E-state index contributed by atoms with van der Waals surface area (Å²) in [6.45, 7) is 4.35. The maximum Gasteiger partial charge on any atom is 0.261 e. The number of hydrogen-bond donors (Lipinski definition) is 2. The number of nitrogens with one attached hydrogen (secondary N) is 2. The lowest BCUT2D eigenvalue weighted by molar-refractivity contribution is -0.120. The molecule has 0 spiro atoms. The van der Waals surface area contributed by atoms with Crippen LogP contribution in [-0.2, 0) is 11.3 Å². The molecule has 0 saturated carbocycles. The summed E-state index contributed by atoms with van der Waals surface area (Å²) in [5.74, 6) is -0.358. The van der Waals surface area contributed by atoms with Crippen molar-refractivity contribution in [3.8, 4) is 0 Å². The number of carbonyl (C=O) groups is 2. The van der Waals surface area contributed by atoms with Gasteiger partial charge < -0.3 is 15.5 Å². The fourth-order valence-corrected chi connectivity index (χ4v) is 3.20. The molecule has 1 aromatic heterocycles. The first kappa shape index (κ1) is 19.1. The molecule has 2 amide bonds. The van der Waals surface area contributed by atoms with Crippen molar-refractivity contribution in [2.45, 2.75) is 19.9 Å². The summed E-state index contributed by atoms with van der Waals surface area (Å²) in [6.07, 6.45) is 0.868. The molecule has 0 fully saturated rings. The predicted molar refractivity (Wildman–Crippen MR) is 102 cm³/mol. The summed E-state index contributed by atoms with van der Waals surface area (Å²) in [7, 11) is 2.07. The van der Waals surface area contributed by atoms with Crippen LogP contribution in [0.1, 0.15) is 26.5 Å². The number of aryl methyl sites for hydroxylation is 1.